The number of aliphatic carboxylic acids is 1. The Bertz CT molecular complexity index is 623. The first-order chi connectivity index (χ1) is 8.95. The van der Waals surface area contributed by atoms with Crippen LogP contribution < -0.4 is 4.72 Å². The SMILES string of the molecule is CC(C)(C)[C@H](NS(=O)(=O)c1cc(Cl)ccc1Cl)C(=O)O. The van der Waals surface area contributed by atoms with Crippen LogP contribution in [0, 0.1) is 5.41 Å². The van der Waals surface area contributed by atoms with Crippen molar-refractivity contribution in [1.82, 2.24) is 4.72 Å². The second-order valence-corrected chi connectivity index (χ2v) is 7.86. The van der Waals surface area contributed by atoms with Crippen LogP contribution in [0.3, 0.4) is 0 Å². The molecule has 0 aromatic heterocycles. The summed E-state index contributed by atoms with van der Waals surface area (Å²) in [5.41, 5.74) is -0.802. The monoisotopic (exact) mass is 339 g/mol. The number of carboxylic acids is 1. The van der Waals surface area contributed by atoms with E-state index in [1.807, 2.05) is 0 Å². The van der Waals surface area contributed by atoms with Crippen LogP contribution in [-0.2, 0) is 14.8 Å². The van der Waals surface area contributed by atoms with Crippen LogP contribution in [0.15, 0.2) is 23.1 Å². The summed E-state index contributed by atoms with van der Waals surface area (Å²) < 4.78 is 26.6. The van der Waals surface area contributed by atoms with E-state index < -0.39 is 27.4 Å². The van der Waals surface area contributed by atoms with E-state index in [9.17, 15) is 13.2 Å². The fraction of sp³-hybridized carbons (Fsp3) is 0.417. The number of nitrogens with one attached hydrogen (secondary N) is 1. The average molecular weight is 340 g/mol. The van der Waals surface area contributed by atoms with Crippen molar-refractivity contribution >= 4 is 39.2 Å². The number of hydrogen-bond donors (Lipinski definition) is 2. The maximum Gasteiger partial charge on any atom is 0.322 e. The van der Waals surface area contributed by atoms with E-state index in [1.165, 1.54) is 18.2 Å². The lowest BCUT2D eigenvalue weighted by Gasteiger charge is -2.27. The lowest BCUT2D eigenvalue weighted by Crippen LogP contribution is -2.49. The van der Waals surface area contributed by atoms with Gasteiger partial charge in [-0.2, -0.15) is 4.72 Å². The molecule has 0 aliphatic carbocycles. The van der Waals surface area contributed by atoms with Gasteiger partial charge >= 0.3 is 5.97 Å². The maximum atomic E-state index is 12.2. The molecule has 0 saturated heterocycles. The fourth-order valence-corrected chi connectivity index (χ4v) is 3.66. The van der Waals surface area contributed by atoms with Crippen molar-refractivity contribution in [3.8, 4) is 0 Å². The van der Waals surface area contributed by atoms with Crippen molar-refractivity contribution in [2.75, 3.05) is 0 Å². The van der Waals surface area contributed by atoms with Crippen LogP contribution in [0.25, 0.3) is 0 Å². The molecule has 5 nitrogen and oxygen atoms in total. The second-order valence-electron chi connectivity index (χ2n) is 5.33. The van der Waals surface area contributed by atoms with Crippen LogP contribution in [0.5, 0.6) is 0 Å². The molecule has 1 rings (SSSR count). The summed E-state index contributed by atoms with van der Waals surface area (Å²) in [6.07, 6.45) is 0. The van der Waals surface area contributed by atoms with Crippen LogP contribution in [0.2, 0.25) is 10.0 Å². The van der Waals surface area contributed by atoms with Crippen LogP contribution >= 0.6 is 23.2 Å². The van der Waals surface area contributed by atoms with Gasteiger partial charge in [0.15, 0.2) is 0 Å². The van der Waals surface area contributed by atoms with Crippen molar-refractivity contribution in [2.45, 2.75) is 31.7 Å². The van der Waals surface area contributed by atoms with E-state index in [1.54, 1.807) is 20.8 Å². The lowest BCUT2D eigenvalue weighted by molar-refractivity contribution is -0.141. The van der Waals surface area contributed by atoms with E-state index >= 15 is 0 Å². The Morgan fingerprint density at radius 3 is 2.30 bits per heavy atom. The van der Waals surface area contributed by atoms with Crippen LogP contribution in [0.4, 0.5) is 0 Å². The van der Waals surface area contributed by atoms with Gasteiger partial charge in [0.1, 0.15) is 10.9 Å². The molecule has 2 N–H and O–H groups in total. The van der Waals surface area contributed by atoms with Gasteiger partial charge in [-0.05, 0) is 23.6 Å². The van der Waals surface area contributed by atoms with Crippen LogP contribution in [0.1, 0.15) is 20.8 Å². The van der Waals surface area contributed by atoms with E-state index in [0.717, 1.165) is 0 Å². The van der Waals surface area contributed by atoms with Gasteiger partial charge in [0.2, 0.25) is 10.0 Å². The summed E-state index contributed by atoms with van der Waals surface area (Å²) in [6.45, 7) is 4.86. The van der Waals surface area contributed by atoms with Crippen molar-refractivity contribution in [3.63, 3.8) is 0 Å². The topological polar surface area (TPSA) is 83.5 Å². The largest absolute Gasteiger partial charge is 0.480 e. The van der Waals surface area contributed by atoms with E-state index in [-0.39, 0.29) is 14.9 Å². The number of hydrogen-bond acceptors (Lipinski definition) is 3. The first-order valence-electron chi connectivity index (χ1n) is 5.65. The molecule has 0 aliphatic rings. The fourth-order valence-electron chi connectivity index (χ4n) is 1.50. The number of carbonyl (C=O) groups is 1. The molecule has 0 bridgehead atoms. The summed E-state index contributed by atoms with van der Waals surface area (Å²) in [5.74, 6) is -1.26. The first kappa shape index (κ1) is 17.2. The van der Waals surface area contributed by atoms with Gasteiger partial charge < -0.3 is 5.11 Å². The third-order valence-electron chi connectivity index (χ3n) is 2.57. The van der Waals surface area contributed by atoms with Gasteiger partial charge in [0.05, 0.1) is 5.02 Å². The molecule has 8 heteroatoms. The smallest absolute Gasteiger partial charge is 0.322 e. The molecule has 1 aromatic rings. The molecule has 0 fully saturated rings. The third-order valence-corrected chi connectivity index (χ3v) is 4.71. The second kappa shape index (κ2) is 5.89. The maximum absolute atomic E-state index is 12.2. The Labute approximate surface area is 127 Å². The normalized spacial score (nSPS) is 14.1. The molecule has 0 amide bonds. The highest BCUT2D eigenvalue weighted by Crippen LogP contribution is 2.27. The summed E-state index contributed by atoms with van der Waals surface area (Å²) in [5, 5.41) is 9.32. The van der Waals surface area contributed by atoms with E-state index in [0.29, 0.717) is 0 Å². The zero-order valence-electron chi connectivity index (χ0n) is 11.1. The van der Waals surface area contributed by atoms with Crippen molar-refractivity contribution < 1.29 is 18.3 Å². The molecule has 112 valence electrons. The summed E-state index contributed by atoms with van der Waals surface area (Å²) in [6, 6.07) is 2.67. The number of halogens is 2. The molecule has 0 heterocycles. The molecular weight excluding hydrogens is 325 g/mol. The minimum Gasteiger partial charge on any atom is -0.480 e. The van der Waals surface area contributed by atoms with Crippen molar-refractivity contribution in [1.29, 1.82) is 0 Å². The summed E-state index contributed by atoms with van der Waals surface area (Å²) in [7, 11) is -4.09. The third kappa shape index (κ3) is 4.09. The molecule has 20 heavy (non-hydrogen) atoms. The van der Waals surface area contributed by atoms with Gasteiger partial charge in [-0.1, -0.05) is 44.0 Å². The molecule has 0 unspecified atom stereocenters. The molecule has 0 radical (unpaired) electrons. The minimum atomic E-state index is -4.09. The summed E-state index contributed by atoms with van der Waals surface area (Å²) >= 11 is 11.6. The van der Waals surface area contributed by atoms with Gasteiger partial charge in [-0.15, -0.1) is 0 Å². The zero-order valence-corrected chi connectivity index (χ0v) is 13.5. The Morgan fingerprint density at radius 2 is 1.85 bits per heavy atom. The molecular formula is C12H15Cl2NO4S. The minimum absolute atomic E-state index is 0.0278. The Balaban J connectivity index is 3.24. The number of sulfonamides is 1. The predicted octanol–water partition coefficient (Wildman–Crippen LogP) is 2.77. The van der Waals surface area contributed by atoms with E-state index in [4.69, 9.17) is 28.3 Å². The van der Waals surface area contributed by atoms with Crippen molar-refractivity contribution in [2.24, 2.45) is 5.41 Å². The van der Waals surface area contributed by atoms with Crippen LogP contribution in [-0.4, -0.2) is 25.5 Å². The molecule has 0 aliphatic heterocycles. The van der Waals surface area contributed by atoms with E-state index in [2.05, 4.69) is 4.72 Å². The highest BCUT2D eigenvalue weighted by atomic mass is 35.5. The summed E-state index contributed by atoms with van der Waals surface area (Å²) in [4.78, 5) is 11.0. The number of benzene rings is 1. The first-order valence-corrected chi connectivity index (χ1v) is 7.89. The number of carboxylic acid groups (broad SMARTS) is 1. The zero-order chi connectivity index (χ0) is 15.7. The quantitative estimate of drug-likeness (QED) is 0.883. The molecule has 1 atom stereocenters. The standard InChI is InChI=1S/C12H15Cl2NO4S/c1-12(2,3)10(11(16)17)15-20(18,19)9-6-7(13)4-5-8(9)14/h4-6,10,15H,1-3H3,(H,16,17)/t10-/m1/s1. The number of rotatable bonds is 4. The Kier molecular flexibility index (Phi) is 5.08. The van der Waals surface area contributed by atoms with Gasteiger partial charge in [0, 0.05) is 5.02 Å². The van der Waals surface area contributed by atoms with Crippen molar-refractivity contribution in [3.05, 3.63) is 28.2 Å². The highest BCUT2D eigenvalue weighted by molar-refractivity contribution is 7.89. The molecule has 0 spiro atoms. The highest BCUT2D eigenvalue weighted by Gasteiger charge is 2.35. The lowest BCUT2D eigenvalue weighted by atomic mass is 9.88. The Hall–Kier alpha value is -0.820. The van der Waals surface area contributed by atoms with Gasteiger partial charge in [0.25, 0.3) is 0 Å². The predicted molar refractivity (Wildman–Crippen MR) is 77.7 cm³/mol. The average Bonchev–Trinajstić information content (AvgIpc) is 2.27. The molecule has 1 aromatic carbocycles. The van der Waals surface area contributed by atoms with Gasteiger partial charge in [-0.3, -0.25) is 4.79 Å². The Morgan fingerprint density at radius 1 is 1.30 bits per heavy atom. The van der Waals surface area contributed by atoms with Gasteiger partial charge in [-0.25, -0.2) is 8.42 Å². The molecule has 0 saturated carbocycles.